The molecule has 1 amide bonds. The monoisotopic (exact) mass is 307 g/mol. The number of ether oxygens (including phenoxy) is 1. The summed E-state index contributed by atoms with van der Waals surface area (Å²) in [6, 6.07) is 16.5. The Labute approximate surface area is 135 Å². The summed E-state index contributed by atoms with van der Waals surface area (Å²) in [6.45, 7) is 3.14. The lowest BCUT2D eigenvalue weighted by Gasteiger charge is -2.29. The topological polar surface area (TPSA) is 65.4 Å². The lowest BCUT2D eigenvalue weighted by molar-refractivity contribution is 0.102. The van der Waals surface area contributed by atoms with Gasteiger partial charge in [-0.2, -0.15) is 5.26 Å². The molecule has 2 aromatic rings. The second kappa shape index (κ2) is 6.95. The van der Waals surface area contributed by atoms with E-state index in [0.29, 0.717) is 11.1 Å². The van der Waals surface area contributed by atoms with E-state index in [9.17, 15) is 4.79 Å². The Kier molecular flexibility index (Phi) is 4.55. The minimum Gasteiger partial charge on any atom is -0.378 e. The van der Waals surface area contributed by atoms with Crippen molar-refractivity contribution in [3.63, 3.8) is 0 Å². The van der Waals surface area contributed by atoms with Crippen LogP contribution >= 0.6 is 0 Å². The van der Waals surface area contributed by atoms with E-state index >= 15 is 0 Å². The molecule has 116 valence electrons. The minimum atomic E-state index is -0.221. The summed E-state index contributed by atoms with van der Waals surface area (Å²) in [4.78, 5) is 14.5. The predicted molar refractivity (Wildman–Crippen MR) is 88.6 cm³/mol. The Bertz CT molecular complexity index is 746. The number of rotatable bonds is 3. The van der Waals surface area contributed by atoms with Crippen molar-refractivity contribution in [1.82, 2.24) is 0 Å². The second-order valence-electron chi connectivity index (χ2n) is 5.30. The molecule has 23 heavy (non-hydrogen) atoms. The van der Waals surface area contributed by atoms with Gasteiger partial charge in [-0.15, -0.1) is 0 Å². The van der Waals surface area contributed by atoms with Gasteiger partial charge in [-0.05, 0) is 36.4 Å². The van der Waals surface area contributed by atoms with Gasteiger partial charge in [0.2, 0.25) is 0 Å². The van der Waals surface area contributed by atoms with Crippen LogP contribution in [0.2, 0.25) is 0 Å². The number of carbonyl (C=O) groups excluding carboxylic acids is 1. The molecule has 0 spiro atoms. The van der Waals surface area contributed by atoms with Gasteiger partial charge < -0.3 is 15.0 Å². The first-order chi connectivity index (χ1) is 11.3. The molecule has 2 aromatic carbocycles. The summed E-state index contributed by atoms with van der Waals surface area (Å²) in [6.07, 6.45) is 0. The zero-order valence-electron chi connectivity index (χ0n) is 12.7. The van der Waals surface area contributed by atoms with Gasteiger partial charge in [0.05, 0.1) is 24.8 Å². The van der Waals surface area contributed by atoms with E-state index in [1.54, 1.807) is 24.3 Å². The third-order valence-electron chi connectivity index (χ3n) is 3.73. The van der Waals surface area contributed by atoms with E-state index in [1.807, 2.05) is 30.3 Å². The summed E-state index contributed by atoms with van der Waals surface area (Å²) >= 11 is 0. The Balaban J connectivity index is 1.74. The number of nitriles is 1. The average Bonchev–Trinajstić information content (AvgIpc) is 2.63. The summed E-state index contributed by atoms with van der Waals surface area (Å²) in [5.41, 5.74) is 2.75. The maximum atomic E-state index is 12.3. The fraction of sp³-hybridized carbons (Fsp3) is 0.222. The highest BCUT2D eigenvalue weighted by molar-refractivity contribution is 6.04. The van der Waals surface area contributed by atoms with Gasteiger partial charge in [-0.3, -0.25) is 4.79 Å². The molecule has 1 aliphatic rings. The number of anilines is 2. The Morgan fingerprint density at radius 3 is 2.70 bits per heavy atom. The Hall–Kier alpha value is -2.84. The summed E-state index contributed by atoms with van der Waals surface area (Å²) in [7, 11) is 0. The van der Waals surface area contributed by atoms with E-state index in [0.717, 1.165) is 37.7 Å². The smallest absolute Gasteiger partial charge is 0.255 e. The zero-order chi connectivity index (χ0) is 16.1. The molecule has 1 fully saturated rings. The fourth-order valence-corrected chi connectivity index (χ4v) is 2.54. The van der Waals surface area contributed by atoms with Crippen molar-refractivity contribution in [2.75, 3.05) is 36.5 Å². The maximum absolute atomic E-state index is 12.3. The quantitative estimate of drug-likeness (QED) is 0.946. The van der Waals surface area contributed by atoms with Crippen molar-refractivity contribution >= 4 is 17.3 Å². The van der Waals surface area contributed by atoms with Crippen LogP contribution in [0.3, 0.4) is 0 Å². The lowest BCUT2D eigenvalue weighted by Crippen LogP contribution is -2.36. The van der Waals surface area contributed by atoms with Crippen molar-refractivity contribution in [2.45, 2.75) is 0 Å². The van der Waals surface area contributed by atoms with Crippen LogP contribution in [0.5, 0.6) is 0 Å². The van der Waals surface area contributed by atoms with E-state index in [1.165, 1.54) is 0 Å². The first-order valence-electron chi connectivity index (χ1n) is 7.50. The molecule has 1 aliphatic heterocycles. The molecule has 0 aliphatic carbocycles. The second-order valence-corrected chi connectivity index (χ2v) is 5.30. The van der Waals surface area contributed by atoms with Crippen molar-refractivity contribution in [1.29, 1.82) is 5.26 Å². The lowest BCUT2D eigenvalue weighted by atomic mass is 10.1. The van der Waals surface area contributed by atoms with Crippen LogP contribution in [0.1, 0.15) is 15.9 Å². The van der Waals surface area contributed by atoms with Crippen LogP contribution < -0.4 is 10.2 Å². The fourth-order valence-electron chi connectivity index (χ4n) is 2.54. The number of benzene rings is 2. The van der Waals surface area contributed by atoms with Crippen LogP contribution in [0.15, 0.2) is 48.5 Å². The number of nitrogens with zero attached hydrogens (tertiary/aromatic N) is 2. The SMILES string of the molecule is N#Cc1cccc(C(=O)Nc2cccc(N3CCOCC3)c2)c1. The molecule has 1 saturated heterocycles. The molecular formula is C18H17N3O2. The van der Waals surface area contributed by atoms with Crippen LogP contribution in [0.25, 0.3) is 0 Å². The molecule has 0 aromatic heterocycles. The van der Waals surface area contributed by atoms with Crippen molar-refractivity contribution in [3.8, 4) is 6.07 Å². The first kappa shape index (κ1) is 15.1. The average molecular weight is 307 g/mol. The maximum Gasteiger partial charge on any atom is 0.255 e. The van der Waals surface area contributed by atoms with Gasteiger partial charge in [0.25, 0.3) is 5.91 Å². The van der Waals surface area contributed by atoms with Crippen LogP contribution in [0.4, 0.5) is 11.4 Å². The molecule has 0 saturated carbocycles. The van der Waals surface area contributed by atoms with Crippen LogP contribution in [-0.4, -0.2) is 32.2 Å². The normalized spacial score (nSPS) is 14.1. The van der Waals surface area contributed by atoms with Gasteiger partial charge >= 0.3 is 0 Å². The highest BCUT2D eigenvalue weighted by atomic mass is 16.5. The summed E-state index contributed by atoms with van der Waals surface area (Å²) in [5, 5.41) is 11.8. The Morgan fingerprint density at radius 1 is 1.13 bits per heavy atom. The van der Waals surface area contributed by atoms with Crippen molar-refractivity contribution < 1.29 is 9.53 Å². The predicted octanol–water partition coefficient (Wildman–Crippen LogP) is 2.65. The zero-order valence-corrected chi connectivity index (χ0v) is 12.7. The first-order valence-corrected chi connectivity index (χ1v) is 7.50. The number of nitrogens with one attached hydrogen (secondary N) is 1. The minimum absolute atomic E-state index is 0.221. The summed E-state index contributed by atoms with van der Waals surface area (Å²) < 4.78 is 5.36. The highest BCUT2D eigenvalue weighted by Crippen LogP contribution is 2.21. The van der Waals surface area contributed by atoms with E-state index in [2.05, 4.69) is 10.2 Å². The number of carbonyl (C=O) groups is 1. The molecule has 0 atom stereocenters. The highest BCUT2D eigenvalue weighted by Gasteiger charge is 2.12. The van der Waals surface area contributed by atoms with Gasteiger partial charge in [-0.1, -0.05) is 12.1 Å². The van der Waals surface area contributed by atoms with E-state index < -0.39 is 0 Å². The number of hydrogen-bond acceptors (Lipinski definition) is 4. The van der Waals surface area contributed by atoms with Crippen molar-refractivity contribution in [3.05, 3.63) is 59.7 Å². The standard InChI is InChI=1S/C18H17N3O2/c19-13-14-3-1-4-15(11-14)18(22)20-16-5-2-6-17(12-16)21-7-9-23-10-8-21/h1-6,11-12H,7-10H2,(H,20,22). The van der Waals surface area contributed by atoms with Gasteiger partial charge in [0, 0.05) is 30.0 Å². The van der Waals surface area contributed by atoms with Gasteiger partial charge in [-0.25, -0.2) is 0 Å². The molecule has 1 N–H and O–H groups in total. The molecule has 5 heteroatoms. The van der Waals surface area contributed by atoms with Gasteiger partial charge in [0.15, 0.2) is 0 Å². The number of hydrogen-bond donors (Lipinski definition) is 1. The Morgan fingerprint density at radius 2 is 1.91 bits per heavy atom. The van der Waals surface area contributed by atoms with Crippen LogP contribution in [-0.2, 0) is 4.74 Å². The number of morpholine rings is 1. The largest absolute Gasteiger partial charge is 0.378 e. The molecule has 0 radical (unpaired) electrons. The van der Waals surface area contributed by atoms with E-state index in [-0.39, 0.29) is 5.91 Å². The van der Waals surface area contributed by atoms with E-state index in [4.69, 9.17) is 10.00 Å². The van der Waals surface area contributed by atoms with Crippen LogP contribution in [0, 0.1) is 11.3 Å². The molecule has 0 unspecified atom stereocenters. The summed E-state index contributed by atoms with van der Waals surface area (Å²) in [5.74, 6) is -0.221. The molecule has 1 heterocycles. The molecular weight excluding hydrogens is 290 g/mol. The molecule has 3 rings (SSSR count). The van der Waals surface area contributed by atoms with Gasteiger partial charge in [0.1, 0.15) is 0 Å². The number of amides is 1. The molecule has 5 nitrogen and oxygen atoms in total. The third-order valence-corrected chi connectivity index (χ3v) is 3.73. The molecule has 0 bridgehead atoms. The van der Waals surface area contributed by atoms with Crippen molar-refractivity contribution in [2.24, 2.45) is 0 Å². The third kappa shape index (κ3) is 3.68.